The second kappa shape index (κ2) is 4.56. The Morgan fingerprint density at radius 1 is 0.947 bits per heavy atom. The first-order chi connectivity index (χ1) is 9.40. The molecule has 2 saturated carbocycles. The van der Waals surface area contributed by atoms with Gasteiger partial charge in [-0.15, -0.1) is 0 Å². The zero-order valence-corrected chi connectivity index (χ0v) is 11.2. The minimum atomic E-state index is 0.803. The SMILES string of the molecule is c1ccc2c(OCC3CC4CCC3C4)cccc2c1. The van der Waals surface area contributed by atoms with E-state index in [0.717, 1.165) is 30.1 Å². The van der Waals surface area contributed by atoms with Crippen LogP contribution in [0.15, 0.2) is 42.5 Å². The lowest BCUT2D eigenvalue weighted by molar-refractivity contribution is 0.197. The van der Waals surface area contributed by atoms with Crippen LogP contribution in [0.3, 0.4) is 0 Å². The van der Waals surface area contributed by atoms with Gasteiger partial charge in [0.2, 0.25) is 0 Å². The van der Waals surface area contributed by atoms with Crippen LogP contribution in [0.5, 0.6) is 5.75 Å². The summed E-state index contributed by atoms with van der Waals surface area (Å²) in [6, 6.07) is 14.8. The molecule has 0 N–H and O–H groups in total. The normalized spacial score (nSPS) is 28.9. The highest BCUT2D eigenvalue weighted by Gasteiger charge is 2.39. The third-order valence-corrected chi connectivity index (χ3v) is 5.09. The van der Waals surface area contributed by atoms with Crippen LogP contribution >= 0.6 is 0 Å². The summed E-state index contributed by atoms with van der Waals surface area (Å²) in [7, 11) is 0. The van der Waals surface area contributed by atoms with Gasteiger partial charge in [0.25, 0.3) is 0 Å². The fourth-order valence-electron chi connectivity index (χ4n) is 4.10. The molecule has 2 aliphatic rings. The molecule has 2 fully saturated rings. The zero-order valence-electron chi connectivity index (χ0n) is 11.2. The van der Waals surface area contributed by atoms with Crippen molar-refractivity contribution in [3.8, 4) is 5.75 Å². The van der Waals surface area contributed by atoms with Gasteiger partial charge in [-0.2, -0.15) is 0 Å². The van der Waals surface area contributed by atoms with Gasteiger partial charge in [0, 0.05) is 5.39 Å². The van der Waals surface area contributed by atoms with E-state index in [9.17, 15) is 0 Å². The Hall–Kier alpha value is -1.50. The minimum Gasteiger partial charge on any atom is -0.493 e. The lowest BCUT2D eigenvalue weighted by atomic mass is 9.89. The molecule has 2 aromatic carbocycles. The van der Waals surface area contributed by atoms with Crippen molar-refractivity contribution in [2.24, 2.45) is 17.8 Å². The molecule has 1 heteroatoms. The summed E-state index contributed by atoms with van der Waals surface area (Å²) in [6.45, 7) is 0.912. The Labute approximate surface area is 114 Å². The maximum absolute atomic E-state index is 6.16. The van der Waals surface area contributed by atoms with Crippen molar-refractivity contribution in [2.75, 3.05) is 6.61 Å². The molecule has 0 saturated heterocycles. The van der Waals surface area contributed by atoms with Crippen LogP contribution in [0.4, 0.5) is 0 Å². The average molecular weight is 252 g/mol. The smallest absolute Gasteiger partial charge is 0.127 e. The maximum atomic E-state index is 6.16. The van der Waals surface area contributed by atoms with E-state index < -0.39 is 0 Å². The molecule has 98 valence electrons. The number of ether oxygens (including phenoxy) is 1. The number of benzene rings is 2. The number of hydrogen-bond acceptors (Lipinski definition) is 1. The molecule has 0 aromatic heterocycles. The van der Waals surface area contributed by atoms with Crippen LogP contribution in [-0.2, 0) is 0 Å². The summed E-state index contributed by atoms with van der Waals surface area (Å²) in [5.41, 5.74) is 0. The molecule has 2 aliphatic carbocycles. The van der Waals surface area contributed by atoms with Crippen molar-refractivity contribution >= 4 is 10.8 Å². The van der Waals surface area contributed by atoms with E-state index in [1.807, 2.05) is 0 Å². The molecule has 19 heavy (non-hydrogen) atoms. The number of fused-ring (bicyclic) bond motifs is 3. The summed E-state index contributed by atoms with van der Waals surface area (Å²) in [6.07, 6.45) is 5.77. The van der Waals surface area contributed by atoms with Crippen LogP contribution in [0.1, 0.15) is 25.7 Å². The van der Waals surface area contributed by atoms with Gasteiger partial charge in [-0.1, -0.05) is 42.8 Å². The highest BCUT2D eigenvalue weighted by molar-refractivity contribution is 5.88. The molecule has 0 heterocycles. The highest BCUT2D eigenvalue weighted by atomic mass is 16.5. The van der Waals surface area contributed by atoms with Crippen molar-refractivity contribution in [3.05, 3.63) is 42.5 Å². The van der Waals surface area contributed by atoms with Gasteiger partial charge >= 0.3 is 0 Å². The minimum absolute atomic E-state index is 0.803. The van der Waals surface area contributed by atoms with Crippen LogP contribution in [0.2, 0.25) is 0 Å². The summed E-state index contributed by atoms with van der Waals surface area (Å²) >= 11 is 0. The first-order valence-corrected chi connectivity index (χ1v) is 7.51. The Balaban J connectivity index is 1.52. The van der Waals surface area contributed by atoms with Gasteiger partial charge < -0.3 is 4.74 Å². The van der Waals surface area contributed by atoms with Gasteiger partial charge in [-0.25, -0.2) is 0 Å². The third kappa shape index (κ3) is 2.01. The van der Waals surface area contributed by atoms with Crippen molar-refractivity contribution in [2.45, 2.75) is 25.7 Å². The highest BCUT2D eigenvalue weighted by Crippen LogP contribution is 2.48. The van der Waals surface area contributed by atoms with E-state index >= 15 is 0 Å². The van der Waals surface area contributed by atoms with Gasteiger partial charge in [-0.05, 0) is 48.5 Å². The first kappa shape index (κ1) is 11.3. The first-order valence-electron chi connectivity index (χ1n) is 7.51. The van der Waals surface area contributed by atoms with Crippen molar-refractivity contribution in [1.82, 2.24) is 0 Å². The number of rotatable bonds is 3. The standard InChI is InChI=1S/C18H20O/c1-2-6-17-14(4-1)5-3-7-18(17)19-12-16-11-13-8-9-15(16)10-13/h1-7,13,15-16H,8-12H2. The molecule has 3 unspecified atom stereocenters. The number of hydrogen-bond donors (Lipinski definition) is 0. The van der Waals surface area contributed by atoms with Crippen molar-refractivity contribution < 1.29 is 4.74 Å². The van der Waals surface area contributed by atoms with E-state index in [2.05, 4.69) is 42.5 Å². The summed E-state index contributed by atoms with van der Waals surface area (Å²) < 4.78 is 6.16. The Bertz CT molecular complexity index is 584. The summed E-state index contributed by atoms with van der Waals surface area (Å²) in [4.78, 5) is 0. The quantitative estimate of drug-likeness (QED) is 0.772. The van der Waals surface area contributed by atoms with Crippen molar-refractivity contribution in [1.29, 1.82) is 0 Å². The van der Waals surface area contributed by atoms with Gasteiger partial charge in [0.1, 0.15) is 5.75 Å². The van der Waals surface area contributed by atoms with E-state index in [-0.39, 0.29) is 0 Å². The van der Waals surface area contributed by atoms with E-state index in [1.54, 1.807) is 0 Å². The Morgan fingerprint density at radius 2 is 1.84 bits per heavy atom. The molecule has 0 spiro atoms. The lowest BCUT2D eigenvalue weighted by Gasteiger charge is -2.22. The molecule has 1 nitrogen and oxygen atoms in total. The Kier molecular flexibility index (Phi) is 2.72. The largest absolute Gasteiger partial charge is 0.493 e. The zero-order chi connectivity index (χ0) is 12.7. The second-order valence-electron chi connectivity index (χ2n) is 6.22. The van der Waals surface area contributed by atoms with Crippen LogP contribution in [0.25, 0.3) is 10.8 Å². The van der Waals surface area contributed by atoms with Gasteiger partial charge in [-0.3, -0.25) is 0 Å². The van der Waals surface area contributed by atoms with E-state index in [4.69, 9.17) is 4.74 Å². The van der Waals surface area contributed by atoms with Gasteiger partial charge in [0.05, 0.1) is 6.61 Å². The molecule has 0 radical (unpaired) electrons. The van der Waals surface area contributed by atoms with Crippen LogP contribution in [0, 0.1) is 17.8 Å². The van der Waals surface area contributed by atoms with E-state index in [0.29, 0.717) is 0 Å². The Morgan fingerprint density at radius 3 is 2.68 bits per heavy atom. The molecular formula is C18H20O. The van der Waals surface area contributed by atoms with Crippen molar-refractivity contribution in [3.63, 3.8) is 0 Å². The lowest BCUT2D eigenvalue weighted by Crippen LogP contribution is -2.18. The molecule has 0 aliphatic heterocycles. The molecule has 0 amide bonds. The second-order valence-corrected chi connectivity index (χ2v) is 6.22. The topological polar surface area (TPSA) is 9.23 Å². The average Bonchev–Trinajstić information content (AvgIpc) is 3.07. The fourth-order valence-corrected chi connectivity index (χ4v) is 4.10. The monoisotopic (exact) mass is 252 g/mol. The predicted molar refractivity (Wildman–Crippen MR) is 78.4 cm³/mol. The molecular weight excluding hydrogens is 232 g/mol. The molecule has 3 atom stereocenters. The predicted octanol–water partition coefficient (Wildman–Crippen LogP) is 4.65. The maximum Gasteiger partial charge on any atom is 0.127 e. The van der Waals surface area contributed by atoms with Crippen LogP contribution < -0.4 is 4.74 Å². The molecule has 2 bridgehead atoms. The van der Waals surface area contributed by atoms with Crippen LogP contribution in [-0.4, -0.2) is 6.61 Å². The fraction of sp³-hybridized carbons (Fsp3) is 0.444. The third-order valence-electron chi connectivity index (χ3n) is 5.09. The summed E-state index contributed by atoms with van der Waals surface area (Å²) in [5, 5.41) is 2.51. The van der Waals surface area contributed by atoms with Gasteiger partial charge in [0.15, 0.2) is 0 Å². The van der Waals surface area contributed by atoms with E-state index in [1.165, 1.54) is 36.5 Å². The molecule has 4 rings (SSSR count). The summed E-state index contributed by atoms with van der Waals surface area (Å²) in [5.74, 6) is 3.81. The molecule has 2 aromatic rings.